The Morgan fingerprint density at radius 3 is 2.57 bits per heavy atom. The van der Waals surface area contributed by atoms with E-state index in [0.717, 1.165) is 18.1 Å². The van der Waals surface area contributed by atoms with E-state index >= 15 is 0 Å². The number of hydrogen-bond acceptors (Lipinski definition) is 2. The van der Waals surface area contributed by atoms with Crippen molar-refractivity contribution in [1.82, 2.24) is 5.32 Å². The predicted molar refractivity (Wildman–Crippen MR) is 90.4 cm³/mol. The fourth-order valence-electron chi connectivity index (χ4n) is 2.60. The van der Waals surface area contributed by atoms with Gasteiger partial charge < -0.3 is 10.2 Å². The molecule has 0 heterocycles. The second-order valence-electron chi connectivity index (χ2n) is 5.51. The van der Waals surface area contributed by atoms with Crippen LogP contribution in [0.25, 0.3) is 0 Å². The average Bonchev–Trinajstić information content (AvgIpc) is 3.33. The van der Waals surface area contributed by atoms with Crippen LogP contribution < -0.4 is 10.2 Å². The van der Waals surface area contributed by atoms with Crippen LogP contribution in [0.5, 0.6) is 0 Å². The van der Waals surface area contributed by atoms with E-state index in [0.29, 0.717) is 6.04 Å². The van der Waals surface area contributed by atoms with Crippen molar-refractivity contribution >= 4 is 23.0 Å². The van der Waals surface area contributed by atoms with E-state index in [1.165, 1.54) is 29.8 Å². The molecule has 21 heavy (non-hydrogen) atoms. The SMILES string of the molecule is CCN(c1ccccc1)c1ccc(Cl)cc1CNC1CC1. The van der Waals surface area contributed by atoms with Crippen LogP contribution in [0.1, 0.15) is 25.3 Å². The fourth-order valence-corrected chi connectivity index (χ4v) is 2.80. The largest absolute Gasteiger partial charge is 0.342 e. The summed E-state index contributed by atoms with van der Waals surface area (Å²) >= 11 is 6.20. The van der Waals surface area contributed by atoms with Gasteiger partial charge in [-0.15, -0.1) is 0 Å². The first-order valence-electron chi connectivity index (χ1n) is 7.62. The lowest BCUT2D eigenvalue weighted by Gasteiger charge is -2.26. The smallest absolute Gasteiger partial charge is 0.0457 e. The van der Waals surface area contributed by atoms with Gasteiger partial charge in [0.05, 0.1) is 0 Å². The Morgan fingerprint density at radius 1 is 1.14 bits per heavy atom. The lowest BCUT2D eigenvalue weighted by molar-refractivity contribution is 0.687. The molecule has 3 rings (SSSR count). The van der Waals surface area contributed by atoms with Gasteiger partial charge in [-0.25, -0.2) is 0 Å². The third-order valence-corrected chi connectivity index (χ3v) is 4.11. The summed E-state index contributed by atoms with van der Waals surface area (Å²) in [6, 6.07) is 17.4. The zero-order valence-electron chi connectivity index (χ0n) is 12.3. The number of nitrogens with one attached hydrogen (secondary N) is 1. The maximum absolute atomic E-state index is 6.20. The Labute approximate surface area is 131 Å². The number of halogens is 1. The first-order chi connectivity index (χ1) is 10.3. The number of rotatable bonds is 6. The standard InChI is InChI=1S/C18H21ClN2/c1-2-21(17-6-4-3-5-7-17)18-11-8-15(19)12-14(18)13-20-16-9-10-16/h3-8,11-12,16,20H,2,9-10,13H2,1H3. The van der Waals surface area contributed by atoms with Crippen LogP contribution in [0.4, 0.5) is 11.4 Å². The van der Waals surface area contributed by atoms with Crippen LogP contribution in [0.15, 0.2) is 48.5 Å². The molecule has 0 spiro atoms. The van der Waals surface area contributed by atoms with Gasteiger partial charge in [-0.05, 0) is 55.7 Å². The second kappa shape index (κ2) is 6.50. The minimum absolute atomic E-state index is 0.698. The topological polar surface area (TPSA) is 15.3 Å². The van der Waals surface area contributed by atoms with Crippen LogP contribution in [-0.4, -0.2) is 12.6 Å². The molecule has 3 heteroatoms. The van der Waals surface area contributed by atoms with Crippen molar-refractivity contribution in [1.29, 1.82) is 0 Å². The monoisotopic (exact) mass is 300 g/mol. The van der Waals surface area contributed by atoms with E-state index in [4.69, 9.17) is 11.6 Å². The van der Waals surface area contributed by atoms with E-state index in [1.807, 2.05) is 6.07 Å². The molecular weight excluding hydrogens is 280 g/mol. The van der Waals surface area contributed by atoms with Crippen molar-refractivity contribution in [3.05, 3.63) is 59.1 Å². The van der Waals surface area contributed by atoms with E-state index in [2.05, 4.69) is 59.6 Å². The molecule has 1 saturated carbocycles. The quantitative estimate of drug-likeness (QED) is 0.828. The molecule has 2 aromatic carbocycles. The minimum atomic E-state index is 0.698. The molecule has 1 N–H and O–H groups in total. The lowest BCUT2D eigenvalue weighted by atomic mass is 10.1. The molecule has 0 radical (unpaired) electrons. The van der Waals surface area contributed by atoms with Crippen LogP contribution in [-0.2, 0) is 6.54 Å². The van der Waals surface area contributed by atoms with Crippen LogP contribution in [0.3, 0.4) is 0 Å². The predicted octanol–water partition coefficient (Wildman–Crippen LogP) is 4.75. The zero-order chi connectivity index (χ0) is 14.7. The van der Waals surface area contributed by atoms with Crippen LogP contribution >= 0.6 is 11.6 Å². The van der Waals surface area contributed by atoms with Crippen molar-refractivity contribution in [3.63, 3.8) is 0 Å². The van der Waals surface area contributed by atoms with Gasteiger partial charge >= 0.3 is 0 Å². The van der Waals surface area contributed by atoms with Crippen LogP contribution in [0.2, 0.25) is 5.02 Å². The number of nitrogens with zero attached hydrogens (tertiary/aromatic N) is 1. The molecule has 0 unspecified atom stereocenters. The molecule has 0 atom stereocenters. The Balaban J connectivity index is 1.90. The summed E-state index contributed by atoms with van der Waals surface area (Å²) in [4.78, 5) is 2.33. The summed E-state index contributed by atoms with van der Waals surface area (Å²) in [6.45, 7) is 3.99. The number of benzene rings is 2. The zero-order valence-corrected chi connectivity index (χ0v) is 13.1. The molecule has 110 valence electrons. The Morgan fingerprint density at radius 2 is 1.90 bits per heavy atom. The van der Waals surface area contributed by atoms with Gasteiger partial charge in [0.15, 0.2) is 0 Å². The summed E-state index contributed by atoms with van der Waals surface area (Å²) in [5, 5.41) is 4.39. The normalized spacial score (nSPS) is 14.2. The van der Waals surface area contributed by atoms with Crippen molar-refractivity contribution < 1.29 is 0 Å². The van der Waals surface area contributed by atoms with Gasteiger partial charge in [-0.1, -0.05) is 29.8 Å². The van der Waals surface area contributed by atoms with E-state index in [-0.39, 0.29) is 0 Å². The Hall–Kier alpha value is -1.51. The maximum atomic E-state index is 6.20. The Kier molecular flexibility index (Phi) is 4.47. The highest BCUT2D eigenvalue weighted by Crippen LogP contribution is 2.31. The third-order valence-electron chi connectivity index (χ3n) is 3.87. The van der Waals surface area contributed by atoms with Crippen molar-refractivity contribution in [2.45, 2.75) is 32.4 Å². The summed E-state index contributed by atoms with van der Waals surface area (Å²) in [7, 11) is 0. The third kappa shape index (κ3) is 3.58. The van der Waals surface area contributed by atoms with Gasteiger partial charge in [0.25, 0.3) is 0 Å². The maximum Gasteiger partial charge on any atom is 0.0457 e. The summed E-state index contributed by atoms with van der Waals surface area (Å²) in [5.74, 6) is 0. The second-order valence-corrected chi connectivity index (χ2v) is 5.94. The van der Waals surface area contributed by atoms with Gasteiger partial charge in [0, 0.05) is 35.5 Å². The lowest BCUT2D eigenvalue weighted by Crippen LogP contribution is -2.21. The highest BCUT2D eigenvalue weighted by atomic mass is 35.5. The van der Waals surface area contributed by atoms with Crippen LogP contribution in [0, 0.1) is 0 Å². The first kappa shape index (κ1) is 14.4. The summed E-state index contributed by atoms with van der Waals surface area (Å²) < 4.78 is 0. The molecule has 2 aromatic rings. The van der Waals surface area contributed by atoms with Crippen molar-refractivity contribution in [3.8, 4) is 0 Å². The summed E-state index contributed by atoms with van der Waals surface area (Å²) in [5.41, 5.74) is 3.72. The molecule has 1 aliphatic carbocycles. The molecule has 0 aromatic heterocycles. The molecule has 0 bridgehead atoms. The van der Waals surface area contributed by atoms with Gasteiger partial charge in [0.1, 0.15) is 0 Å². The molecule has 0 saturated heterocycles. The Bertz CT molecular complexity index is 593. The van der Waals surface area contributed by atoms with E-state index in [9.17, 15) is 0 Å². The van der Waals surface area contributed by atoms with Crippen molar-refractivity contribution in [2.75, 3.05) is 11.4 Å². The fraction of sp³-hybridized carbons (Fsp3) is 0.333. The number of anilines is 2. The average molecular weight is 301 g/mol. The molecule has 1 fully saturated rings. The molecule has 2 nitrogen and oxygen atoms in total. The molecule has 0 amide bonds. The highest BCUT2D eigenvalue weighted by Gasteiger charge is 2.21. The van der Waals surface area contributed by atoms with Gasteiger partial charge in [0.2, 0.25) is 0 Å². The molecular formula is C18H21ClN2. The number of hydrogen-bond donors (Lipinski definition) is 1. The van der Waals surface area contributed by atoms with Gasteiger partial charge in [-0.2, -0.15) is 0 Å². The molecule has 0 aliphatic heterocycles. The van der Waals surface area contributed by atoms with E-state index in [1.54, 1.807) is 0 Å². The summed E-state index contributed by atoms with van der Waals surface area (Å²) in [6.07, 6.45) is 2.60. The molecule has 1 aliphatic rings. The minimum Gasteiger partial charge on any atom is -0.342 e. The first-order valence-corrected chi connectivity index (χ1v) is 8.00. The van der Waals surface area contributed by atoms with Gasteiger partial charge in [-0.3, -0.25) is 0 Å². The number of para-hydroxylation sites is 1. The highest BCUT2D eigenvalue weighted by molar-refractivity contribution is 6.30. The van der Waals surface area contributed by atoms with Crippen molar-refractivity contribution in [2.24, 2.45) is 0 Å². The van der Waals surface area contributed by atoms with E-state index < -0.39 is 0 Å².